The molecule has 1 fully saturated rings. The molecule has 32 heavy (non-hydrogen) atoms. The van der Waals surface area contributed by atoms with Gasteiger partial charge in [-0.1, -0.05) is 11.6 Å². The average Bonchev–Trinajstić information content (AvgIpc) is 2.95. The number of rotatable bonds is 3. The number of nitrogens with zero attached hydrogens (tertiary/aromatic N) is 3. The Balaban J connectivity index is 1.75. The summed E-state index contributed by atoms with van der Waals surface area (Å²) in [5.41, 5.74) is 5.76. The summed E-state index contributed by atoms with van der Waals surface area (Å²) in [5.74, 6) is 0.318. The molecule has 1 aromatic carbocycles. The van der Waals surface area contributed by atoms with Crippen molar-refractivity contribution in [2.24, 2.45) is 0 Å². The van der Waals surface area contributed by atoms with Crippen LogP contribution in [0.2, 0.25) is 5.02 Å². The minimum absolute atomic E-state index is 0.00981. The highest BCUT2D eigenvalue weighted by atomic mass is 35.5. The SMILES string of the molecule is COc1nc2c(c(N3CCOCC(=O)C3)n1)COC(c1cc(N)cc(Cl)c1C(F)(F)F)C2. The van der Waals surface area contributed by atoms with E-state index in [1.54, 1.807) is 4.90 Å². The number of nitrogens with two attached hydrogens (primary N) is 1. The van der Waals surface area contributed by atoms with E-state index in [9.17, 15) is 18.0 Å². The van der Waals surface area contributed by atoms with Crippen molar-refractivity contribution in [3.05, 3.63) is 39.5 Å². The lowest BCUT2D eigenvalue weighted by Crippen LogP contribution is -2.33. The summed E-state index contributed by atoms with van der Waals surface area (Å²) >= 11 is 5.89. The van der Waals surface area contributed by atoms with Crippen molar-refractivity contribution >= 4 is 28.9 Å². The lowest BCUT2D eigenvalue weighted by molar-refractivity contribution is -0.139. The Labute approximate surface area is 186 Å². The number of aromatic nitrogens is 2. The molecule has 0 saturated carbocycles. The number of nitrogen functional groups attached to an aromatic ring is 1. The molecule has 1 atom stereocenters. The minimum Gasteiger partial charge on any atom is -0.467 e. The largest absolute Gasteiger partial charge is 0.467 e. The van der Waals surface area contributed by atoms with Gasteiger partial charge in [0.1, 0.15) is 12.4 Å². The maximum atomic E-state index is 13.7. The number of carbonyl (C=O) groups excluding carboxylic acids is 1. The Morgan fingerprint density at radius 1 is 1.28 bits per heavy atom. The molecular weight excluding hydrogens is 453 g/mol. The van der Waals surface area contributed by atoms with Crippen LogP contribution in [0.3, 0.4) is 0 Å². The number of ketones is 1. The van der Waals surface area contributed by atoms with E-state index in [1.165, 1.54) is 13.2 Å². The zero-order valence-electron chi connectivity index (χ0n) is 17.0. The number of benzene rings is 1. The first-order chi connectivity index (χ1) is 15.2. The van der Waals surface area contributed by atoms with Crippen LogP contribution >= 0.6 is 11.6 Å². The van der Waals surface area contributed by atoms with Crippen molar-refractivity contribution in [2.45, 2.75) is 25.3 Å². The minimum atomic E-state index is -4.69. The first kappa shape index (κ1) is 22.6. The van der Waals surface area contributed by atoms with Crippen molar-refractivity contribution < 1.29 is 32.2 Å². The van der Waals surface area contributed by atoms with E-state index >= 15 is 0 Å². The predicted octanol–water partition coefficient (Wildman–Crippen LogP) is 2.96. The van der Waals surface area contributed by atoms with Crippen LogP contribution in [0.25, 0.3) is 0 Å². The number of methoxy groups -OCH3 is 1. The van der Waals surface area contributed by atoms with Gasteiger partial charge in [0.15, 0.2) is 5.78 Å². The number of Topliss-reactive ketones (excluding diaryl/α,β-unsaturated/α-hetero) is 1. The lowest BCUT2D eigenvalue weighted by Gasteiger charge is -2.31. The number of carbonyl (C=O) groups is 1. The molecule has 0 radical (unpaired) electrons. The standard InChI is InChI=1S/C20H20ClF3N4O4/c1-30-19-26-15-6-16(12-4-10(25)5-14(21)17(12)20(22,23)24)32-9-13(15)18(27-19)28-2-3-31-8-11(29)7-28/h4-5,16H,2-3,6-9,25H2,1H3. The normalized spacial score (nSPS) is 19.5. The molecule has 3 heterocycles. The second kappa shape index (κ2) is 8.72. The Bertz CT molecular complexity index is 1050. The molecule has 12 heteroatoms. The van der Waals surface area contributed by atoms with Crippen LogP contribution in [0.15, 0.2) is 12.1 Å². The molecule has 0 amide bonds. The molecule has 172 valence electrons. The molecule has 8 nitrogen and oxygen atoms in total. The number of alkyl halides is 3. The lowest BCUT2D eigenvalue weighted by atomic mass is 9.94. The van der Waals surface area contributed by atoms with Crippen LogP contribution in [0.1, 0.15) is 28.5 Å². The van der Waals surface area contributed by atoms with Gasteiger partial charge in [-0.15, -0.1) is 0 Å². The maximum absolute atomic E-state index is 13.7. The van der Waals surface area contributed by atoms with Crippen molar-refractivity contribution in [2.75, 3.05) is 44.0 Å². The van der Waals surface area contributed by atoms with E-state index in [2.05, 4.69) is 9.97 Å². The van der Waals surface area contributed by atoms with E-state index in [0.29, 0.717) is 30.2 Å². The summed E-state index contributed by atoms with van der Waals surface area (Å²) in [5, 5.41) is -0.495. The van der Waals surface area contributed by atoms with E-state index in [1.807, 2.05) is 0 Å². The maximum Gasteiger partial charge on any atom is 0.418 e. The third kappa shape index (κ3) is 4.45. The molecule has 0 bridgehead atoms. The molecule has 1 saturated heterocycles. The summed E-state index contributed by atoms with van der Waals surface area (Å²) in [4.78, 5) is 22.5. The van der Waals surface area contributed by atoms with Crippen LogP contribution in [-0.4, -0.2) is 49.2 Å². The molecule has 1 unspecified atom stereocenters. The number of fused-ring (bicyclic) bond motifs is 1. The fourth-order valence-electron chi connectivity index (χ4n) is 3.86. The number of ether oxygens (including phenoxy) is 3. The Hall–Kier alpha value is -2.63. The highest BCUT2D eigenvalue weighted by molar-refractivity contribution is 6.31. The molecule has 1 aromatic heterocycles. The Kier molecular flexibility index (Phi) is 6.15. The predicted molar refractivity (Wildman–Crippen MR) is 109 cm³/mol. The Morgan fingerprint density at radius 3 is 2.78 bits per heavy atom. The fourth-order valence-corrected chi connectivity index (χ4v) is 4.21. The zero-order chi connectivity index (χ0) is 23.0. The van der Waals surface area contributed by atoms with Crippen molar-refractivity contribution in [1.82, 2.24) is 9.97 Å². The van der Waals surface area contributed by atoms with Crippen LogP contribution < -0.4 is 15.4 Å². The fraction of sp³-hybridized carbons (Fsp3) is 0.450. The van der Waals surface area contributed by atoms with Gasteiger partial charge in [0, 0.05) is 24.2 Å². The van der Waals surface area contributed by atoms with Gasteiger partial charge in [-0.25, -0.2) is 0 Å². The highest BCUT2D eigenvalue weighted by Gasteiger charge is 2.40. The van der Waals surface area contributed by atoms with Gasteiger partial charge in [-0.2, -0.15) is 23.1 Å². The number of hydrogen-bond acceptors (Lipinski definition) is 8. The highest BCUT2D eigenvalue weighted by Crippen LogP contribution is 2.44. The van der Waals surface area contributed by atoms with Gasteiger partial charge >= 0.3 is 12.2 Å². The van der Waals surface area contributed by atoms with Gasteiger partial charge in [0.25, 0.3) is 0 Å². The van der Waals surface area contributed by atoms with Crippen LogP contribution in [-0.2, 0) is 33.5 Å². The molecule has 4 rings (SSSR count). The first-order valence-electron chi connectivity index (χ1n) is 9.73. The van der Waals surface area contributed by atoms with Crippen molar-refractivity contribution in [3.63, 3.8) is 0 Å². The molecule has 0 aliphatic carbocycles. The first-order valence-corrected chi connectivity index (χ1v) is 10.1. The molecular formula is C20H20ClF3N4O4. The number of anilines is 2. The second-order valence-electron chi connectivity index (χ2n) is 7.44. The summed E-state index contributed by atoms with van der Waals surface area (Å²) in [6, 6.07) is 2.32. The van der Waals surface area contributed by atoms with Crippen molar-refractivity contribution in [3.8, 4) is 6.01 Å². The van der Waals surface area contributed by atoms with E-state index in [4.69, 9.17) is 31.5 Å². The van der Waals surface area contributed by atoms with Gasteiger partial charge in [0.2, 0.25) is 0 Å². The third-order valence-corrected chi connectivity index (χ3v) is 5.55. The molecule has 2 N–H and O–H groups in total. The zero-order valence-corrected chi connectivity index (χ0v) is 17.8. The third-order valence-electron chi connectivity index (χ3n) is 5.25. The van der Waals surface area contributed by atoms with Gasteiger partial charge in [-0.05, 0) is 17.7 Å². The average molecular weight is 473 g/mol. The topological polar surface area (TPSA) is 99.8 Å². The van der Waals surface area contributed by atoms with Gasteiger partial charge < -0.3 is 24.8 Å². The summed E-state index contributed by atoms with van der Waals surface area (Å²) in [7, 11) is 1.39. The van der Waals surface area contributed by atoms with E-state index in [-0.39, 0.29) is 49.2 Å². The number of halogens is 4. The summed E-state index contributed by atoms with van der Waals surface area (Å²) in [6.07, 6.45) is -5.66. The van der Waals surface area contributed by atoms with Gasteiger partial charge in [0.05, 0.1) is 49.3 Å². The van der Waals surface area contributed by atoms with Crippen molar-refractivity contribution in [1.29, 1.82) is 0 Å². The Morgan fingerprint density at radius 2 is 2.06 bits per heavy atom. The second-order valence-corrected chi connectivity index (χ2v) is 7.85. The summed E-state index contributed by atoms with van der Waals surface area (Å²) < 4.78 is 57.4. The molecule has 0 spiro atoms. The smallest absolute Gasteiger partial charge is 0.418 e. The quantitative estimate of drug-likeness (QED) is 0.681. The summed E-state index contributed by atoms with van der Waals surface area (Å²) in [6.45, 7) is 0.765. The number of hydrogen-bond donors (Lipinski definition) is 1. The van der Waals surface area contributed by atoms with E-state index in [0.717, 1.165) is 6.07 Å². The van der Waals surface area contributed by atoms with Crippen LogP contribution in [0, 0.1) is 0 Å². The van der Waals surface area contributed by atoms with Crippen LogP contribution in [0.5, 0.6) is 6.01 Å². The molecule has 2 aliphatic heterocycles. The monoisotopic (exact) mass is 472 g/mol. The van der Waals surface area contributed by atoms with Crippen LogP contribution in [0.4, 0.5) is 24.7 Å². The molecule has 2 aromatic rings. The molecule has 2 aliphatic rings. The van der Waals surface area contributed by atoms with E-state index < -0.39 is 22.9 Å². The van der Waals surface area contributed by atoms with Gasteiger partial charge in [-0.3, -0.25) is 4.79 Å².